The summed E-state index contributed by atoms with van der Waals surface area (Å²) in [6.45, 7) is 12.0. The molecule has 2 aliphatic carbocycles. The summed E-state index contributed by atoms with van der Waals surface area (Å²) in [6, 6.07) is 3.60. The van der Waals surface area contributed by atoms with Crippen molar-refractivity contribution in [2.45, 2.75) is 103 Å². The van der Waals surface area contributed by atoms with E-state index in [0.717, 1.165) is 56.0 Å². The predicted octanol–water partition coefficient (Wildman–Crippen LogP) is 5.49. The highest BCUT2D eigenvalue weighted by Gasteiger charge is 2.56. The van der Waals surface area contributed by atoms with Crippen LogP contribution in [0.5, 0.6) is 0 Å². The van der Waals surface area contributed by atoms with E-state index in [9.17, 15) is 14.4 Å². The Morgan fingerprint density at radius 3 is 2.34 bits per heavy atom. The fourth-order valence-corrected chi connectivity index (χ4v) is 7.72. The van der Waals surface area contributed by atoms with Crippen LogP contribution in [0.3, 0.4) is 0 Å². The lowest BCUT2D eigenvalue weighted by Gasteiger charge is -2.43. The van der Waals surface area contributed by atoms with Crippen molar-refractivity contribution in [2.75, 3.05) is 44.7 Å². The SMILES string of the molecule is CCOC(=O)c1cc(C2CC2)c2c(C)cc(F)c(N3CCC(C4(N(C)C5CCN(C(=O)OC(C)(C)C)CC5)CC4)C3)n2c1=O. The Bertz CT molecular complexity index is 1510. The Morgan fingerprint density at radius 2 is 1.75 bits per heavy atom. The Labute approximate surface area is 259 Å². The van der Waals surface area contributed by atoms with Crippen molar-refractivity contribution in [1.82, 2.24) is 14.2 Å². The van der Waals surface area contributed by atoms with Gasteiger partial charge in [-0.3, -0.25) is 14.1 Å². The highest BCUT2D eigenvalue weighted by Crippen LogP contribution is 2.52. The minimum atomic E-state index is -0.655. The number of hydrogen-bond acceptors (Lipinski definition) is 7. The molecule has 2 saturated carbocycles. The molecule has 0 spiro atoms. The molecule has 10 heteroatoms. The van der Waals surface area contributed by atoms with Crippen LogP contribution in [0.1, 0.15) is 100 Å². The van der Waals surface area contributed by atoms with E-state index in [-0.39, 0.29) is 35.5 Å². The molecule has 2 aliphatic heterocycles. The first-order chi connectivity index (χ1) is 20.8. The summed E-state index contributed by atoms with van der Waals surface area (Å²) in [6.07, 6.45) is 6.58. The van der Waals surface area contributed by atoms with Gasteiger partial charge in [0.2, 0.25) is 0 Å². The smallest absolute Gasteiger partial charge is 0.410 e. The topological polar surface area (TPSA) is 83.8 Å². The number of carbonyl (C=O) groups is 2. The number of nitrogens with zero attached hydrogens (tertiary/aromatic N) is 4. The Kier molecular flexibility index (Phi) is 7.95. The van der Waals surface area contributed by atoms with Gasteiger partial charge >= 0.3 is 12.1 Å². The number of aryl methyl sites for hydroxylation is 1. The van der Waals surface area contributed by atoms with Crippen LogP contribution in [0.4, 0.5) is 15.0 Å². The molecule has 4 fully saturated rings. The number of amides is 1. The van der Waals surface area contributed by atoms with Crippen molar-refractivity contribution in [2.24, 2.45) is 5.92 Å². The molecule has 2 aromatic heterocycles. The molecule has 6 rings (SSSR count). The van der Waals surface area contributed by atoms with E-state index in [2.05, 4.69) is 11.9 Å². The lowest BCUT2D eigenvalue weighted by molar-refractivity contribution is 0.00935. The number of hydrogen-bond donors (Lipinski definition) is 0. The molecule has 0 N–H and O–H groups in total. The number of aromatic nitrogens is 1. The van der Waals surface area contributed by atoms with E-state index in [0.29, 0.717) is 43.7 Å². The molecule has 2 saturated heterocycles. The molecule has 2 aromatic rings. The van der Waals surface area contributed by atoms with Gasteiger partial charge in [-0.05, 0) is 122 Å². The number of fused-ring (bicyclic) bond motifs is 1. The molecule has 4 heterocycles. The summed E-state index contributed by atoms with van der Waals surface area (Å²) >= 11 is 0. The second-order valence-corrected chi connectivity index (χ2v) is 14.3. The Hall–Kier alpha value is -3.14. The number of piperidine rings is 1. The summed E-state index contributed by atoms with van der Waals surface area (Å²) in [5.74, 6) is -0.257. The van der Waals surface area contributed by atoms with E-state index >= 15 is 4.39 Å². The number of rotatable bonds is 7. The molecule has 4 aliphatic rings. The number of pyridine rings is 2. The third kappa shape index (κ3) is 5.59. The average Bonchev–Trinajstić information content (AvgIpc) is 3.90. The molecule has 44 heavy (non-hydrogen) atoms. The molecule has 0 aromatic carbocycles. The van der Waals surface area contributed by atoms with Gasteiger partial charge in [0.25, 0.3) is 5.56 Å². The van der Waals surface area contributed by atoms with Crippen molar-refractivity contribution in [3.63, 3.8) is 0 Å². The van der Waals surface area contributed by atoms with Crippen LogP contribution in [0, 0.1) is 18.7 Å². The van der Waals surface area contributed by atoms with Gasteiger partial charge in [0.1, 0.15) is 11.2 Å². The van der Waals surface area contributed by atoms with Gasteiger partial charge in [-0.25, -0.2) is 14.0 Å². The zero-order chi connectivity index (χ0) is 31.6. The highest BCUT2D eigenvalue weighted by molar-refractivity contribution is 5.90. The van der Waals surface area contributed by atoms with Crippen molar-refractivity contribution >= 4 is 23.4 Å². The maximum atomic E-state index is 16.0. The van der Waals surface area contributed by atoms with Crippen LogP contribution in [0.2, 0.25) is 0 Å². The lowest BCUT2D eigenvalue weighted by atomic mass is 9.91. The summed E-state index contributed by atoms with van der Waals surface area (Å²) in [5, 5.41) is 0. The predicted molar refractivity (Wildman–Crippen MR) is 167 cm³/mol. The molecule has 1 atom stereocenters. The van der Waals surface area contributed by atoms with Gasteiger partial charge < -0.3 is 19.3 Å². The van der Waals surface area contributed by atoms with Gasteiger partial charge in [-0.1, -0.05) is 0 Å². The number of halogens is 1. The Morgan fingerprint density at radius 1 is 1.07 bits per heavy atom. The quantitative estimate of drug-likeness (QED) is 0.384. The molecule has 9 nitrogen and oxygen atoms in total. The van der Waals surface area contributed by atoms with Gasteiger partial charge in [0, 0.05) is 37.8 Å². The largest absolute Gasteiger partial charge is 0.462 e. The number of likely N-dealkylation sites (tertiary alicyclic amines) is 1. The third-order valence-corrected chi connectivity index (χ3v) is 10.3. The number of esters is 1. The van der Waals surface area contributed by atoms with E-state index in [1.165, 1.54) is 4.40 Å². The first kappa shape index (κ1) is 30.9. The van der Waals surface area contributed by atoms with Crippen molar-refractivity contribution in [3.05, 3.63) is 45.0 Å². The van der Waals surface area contributed by atoms with Crippen molar-refractivity contribution < 1.29 is 23.5 Å². The first-order valence-corrected chi connectivity index (χ1v) is 16.4. The molecule has 1 unspecified atom stereocenters. The number of carbonyl (C=O) groups excluding carboxylic acids is 2. The summed E-state index contributed by atoms with van der Waals surface area (Å²) < 4.78 is 28.3. The van der Waals surface area contributed by atoms with E-state index in [1.807, 2.05) is 37.5 Å². The lowest BCUT2D eigenvalue weighted by Crippen LogP contribution is -2.52. The minimum absolute atomic E-state index is 0.0237. The molecule has 0 radical (unpaired) electrons. The van der Waals surface area contributed by atoms with E-state index in [4.69, 9.17) is 9.47 Å². The monoisotopic (exact) mass is 610 g/mol. The zero-order valence-corrected chi connectivity index (χ0v) is 27.1. The van der Waals surface area contributed by atoms with E-state index in [1.54, 1.807) is 19.1 Å². The molecule has 240 valence electrons. The second kappa shape index (κ2) is 11.3. The van der Waals surface area contributed by atoms with Gasteiger partial charge in [0.15, 0.2) is 11.6 Å². The maximum absolute atomic E-state index is 16.0. The molecular weight excluding hydrogens is 563 g/mol. The normalized spacial score (nSPS) is 22.1. The minimum Gasteiger partial charge on any atom is -0.462 e. The molecular formula is C34H47FN4O5. The summed E-state index contributed by atoms with van der Waals surface area (Å²) in [4.78, 5) is 45.7. The van der Waals surface area contributed by atoms with Crippen LogP contribution in [-0.2, 0) is 9.47 Å². The average molecular weight is 611 g/mol. The Balaban J connectivity index is 1.25. The summed E-state index contributed by atoms with van der Waals surface area (Å²) in [5.41, 5.74) is 1.34. The van der Waals surface area contributed by atoms with Crippen LogP contribution in [0.15, 0.2) is 16.9 Å². The molecule has 1 amide bonds. The van der Waals surface area contributed by atoms with Crippen LogP contribution >= 0.6 is 0 Å². The highest BCUT2D eigenvalue weighted by atomic mass is 19.1. The molecule has 0 bridgehead atoms. The second-order valence-electron chi connectivity index (χ2n) is 14.3. The van der Waals surface area contributed by atoms with Crippen LogP contribution in [0.25, 0.3) is 5.52 Å². The zero-order valence-electron chi connectivity index (χ0n) is 27.1. The van der Waals surface area contributed by atoms with Crippen LogP contribution in [-0.4, -0.2) is 83.3 Å². The van der Waals surface area contributed by atoms with Gasteiger partial charge in [-0.2, -0.15) is 0 Å². The standard InChI is InChI=1S/C34H47FN4O5/c1-7-43-31(41)26-19-25(22-8-9-22)28-21(2)18-27(35)29(39(28)30(26)40)38-15-10-23(20-38)34(13-14-34)36(6)24-11-16-37(17-12-24)32(42)44-33(3,4)5/h18-19,22-24H,7-17,20H2,1-6H3. The van der Waals surface area contributed by atoms with Crippen molar-refractivity contribution in [3.8, 4) is 0 Å². The van der Waals surface area contributed by atoms with Gasteiger partial charge in [0.05, 0.1) is 12.1 Å². The third-order valence-electron chi connectivity index (χ3n) is 10.3. The fourth-order valence-electron chi connectivity index (χ4n) is 7.72. The van der Waals surface area contributed by atoms with Crippen LogP contribution < -0.4 is 10.5 Å². The van der Waals surface area contributed by atoms with Crippen molar-refractivity contribution in [1.29, 1.82) is 0 Å². The van der Waals surface area contributed by atoms with Gasteiger partial charge in [-0.15, -0.1) is 0 Å². The number of anilines is 1. The first-order valence-electron chi connectivity index (χ1n) is 16.4. The van der Waals surface area contributed by atoms with E-state index < -0.39 is 22.9 Å². The maximum Gasteiger partial charge on any atom is 0.410 e. The number of ether oxygens (including phenoxy) is 2. The fraction of sp³-hybridized carbons (Fsp3) is 0.676. The summed E-state index contributed by atoms with van der Waals surface area (Å²) in [7, 11) is 2.21.